The Labute approximate surface area is 139 Å². The fraction of sp³-hybridized carbons (Fsp3) is 0.176. The maximum atomic E-state index is 12.8. The van der Waals surface area contributed by atoms with Crippen LogP contribution in [0, 0.1) is 0 Å². The number of nitrogens with two attached hydrogens (primary N) is 1. The van der Waals surface area contributed by atoms with Crippen molar-refractivity contribution in [3.63, 3.8) is 0 Å². The van der Waals surface area contributed by atoms with Crippen LogP contribution < -0.4 is 21.3 Å². The number of benzene rings is 2. The molecule has 0 aliphatic carbocycles. The van der Waals surface area contributed by atoms with Gasteiger partial charge in [0.2, 0.25) is 0 Å². The van der Waals surface area contributed by atoms with Crippen molar-refractivity contribution < 1.29 is 14.3 Å². The Balaban J connectivity index is 2.00. The van der Waals surface area contributed by atoms with E-state index in [1.54, 1.807) is 19.2 Å². The van der Waals surface area contributed by atoms with E-state index in [2.05, 4.69) is 10.7 Å². The summed E-state index contributed by atoms with van der Waals surface area (Å²) in [6.45, 7) is -0.145. The minimum atomic E-state index is -0.476. The topological polar surface area (TPSA) is 96.7 Å². The quantitative estimate of drug-likeness (QED) is 0.446. The van der Waals surface area contributed by atoms with E-state index in [1.807, 2.05) is 36.4 Å². The van der Waals surface area contributed by atoms with Gasteiger partial charge >= 0.3 is 0 Å². The summed E-state index contributed by atoms with van der Waals surface area (Å²) in [4.78, 5) is 26.0. The summed E-state index contributed by atoms with van der Waals surface area (Å²) in [6.07, 6.45) is -0.476. The van der Waals surface area contributed by atoms with Gasteiger partial charge in [0.05, 0.1) is 12.7 Å². The molecule has 24 heavy (non-hydrogen) atoms. The second kappa shape index (κ2) is 6.59. The van der Waals surface area contributed by atoms with Gasteiger partial charge in [-0.15, -0.1) is 0 Å². The highest BCUT2D eigenvalue weighted by Crippen LogP contribution is 2.33. The van der Waals surface area contributed by atoms with E-state index >= 15 is 0 Å². The Morgan fingerprint density at radius 3 is 2.62 bits per heavy atom. The molecule has 2 aromatic rings. The van der Waals surface area contributed by atoms with Gasteiger partial charge in [0.15, 0.2) is 0 Å². The van der Waals surface area contributed by atoms with Crippen LogP contribution in [0.4, 0.5) is 5.69 Å². The lowest BCUT2D eigenvalue weighted by molar-refractivity contribution is -0.122. The Hall–Kier alpha value is -3.06. The summed E-state index contributed by atoms with van der Waals surface area (Å²) in [5.74, 6) is 5.22. The van der Waals surface area contributed by atoms with E-state index in [9.17, 15) is 9.59 Å². The van der Waals surface area contributed by atoms with E-state index in [1.165, 1.54) is 4.90 Å². The van der Waals surface area contributed by atoms with Crippen molar-refractivity contribution in [1.29, 1.82) is 0 Å². The Bertz CT molecular complexity index is 761. The van der Waals surface area contributed by atoms with Gasteiger partial charge in [-0.05, 0) is 29.8 Å². The van der Waals surface area contributed by atoms with E-state index < -0.39 is 12.1 Å². The lowest BCUT2D eigenvalue weighted by atomic mass is 10.0. The van der Waals surface area contributed by atoms with Gasteiger partial charge in [0, 0.05) is 5.69 Å². The summed E-state index contributed by atoms with van der Waals surface area (Å²) in [6, 6.07) is 14.5. The van der Waals surface area contributed by atoms with Gasteiger partial charge in [-0.25, -0.2) is 5.84 Å². The van der Waals surface area contributed by atoms with Crippen LogP contribution in [-0.4, -0.2) is 30.4 Å². The van der Waals surface area contributed by atoms with Crippen molar-refractivity contribution in [2.24, 2.45) is 5.84 Å². The van der Waals surface area contributed by atoms with E-state index in [4.69, 9.17) is 10.6 Å². The van der Waals surface area contributed by atoms with E-state index in [0.29, 0.717) is 11.3 Å². The van der Waals surface area contributed by atoms with Crippen molar-refractivity contribution in [1.82, 2.24) is 10.3 Å². The molecule has 0 fully saturated rings. The average Bonchev–Trinajstić information content (AvgIpc) is 2.64. The van der Waals surface area contributed by atoms with Gasteiger partial charge < -0.3 is 15.0 Å². The molecule has 4 N–H and O–H groups in total. The maximum absolute atomic E-state index is 12.8. The summed E-state index contributed by atoms with van der Waals surface area (Å²) < 4.78 is 5.16. The molecule has 3 rings (SSSR count). The number of carbonyl (C=O) groups excluding carboxylic acids is 2. The number of ether oxygens (including phenoxy) is 1. The number of hydrogen-bond acceptors (Lipinski definition) is 5. The van der Waals surface area contributed by atoms with E-state index in [-0.39, 0.29) is 12.5 Å². The predicted molar refractivity (Wildman–Crippen MR) is 89.2 cm³/mol. The number of carbonyl (C=O) groups is 2. The average molecular weight is 326 g/mol. The first-order chi connectivity index (χ1) is 11.6. The number of hydrazine groups is 1. The largest absolute Gasteiger partial charge is 0.497 e. The molecule has 1 aliphatic rings. The molecular formula is C17H18N4O3. The third-order valence-electron chi connectivity index (χ3n) is 3.93. The molecule has 0 spiro atoms. The zero-order valence-corrected chi connectivity index (χ0v) is 13.2. The van der Waals surface area contributed by atoms with Gasteiger partial charge in [-0.1, -0.05) is 24.3 Å². The van der Waals surface area contributed by atoms with Gasteiger partial charge in [-0.2, -0.15) is 0 Å². The van der Waals surface area contributed by atoms with Crippen molar-refractivity contribution in [2.45, 2.75) is 6.17 Å². The van der Waals surface area contributed by atoms with Crippen LogP contribution in [-0.2, 0) is 4.79 Å². The number of rotatable bonds is 4. The van der Waals surface area contributed by atoms with Crippen LogP contribution in [0.1, 0.15) is 22.1 Å². The number of para-hydroxylation sites is 1. The molecule has 7 nitrogen and oxygen atoms in total. The molecule has 0 saturated heterocycles. The van der Waals surface area contributed by atoms with Crippen LogP contribution >= 0.6 is 0 Å². The van der Waals surface area contributed by atoms with Crippen LogP contribution in [0.15, 0.2) is 48.5 Å². The molecule has 1 aliphatic heterocycles. The number of methoxy groups -OCH3 is 1. The zero-order chi connectivity index (χ0) is 17.1. The molecule has 2 amide bonds. The zero-order valence-electron chi connectivity index (χ0n) is 13.2. The Kier molecular flexibility index (Phi) is 4.35. The van der Waals surface area contributed by atoms with E-state index in [0.717, 1.165) is 11.3 Å². The monoisotopic (exact) mass is 326 g/mol. The maximum Gasteiger partial charge on any atom is 0.258 e. The third kappa shape index (κ3) is 2.89. The predicted octanol–water partition coefficient (Wildman–Crippen LogP) is 1.25. The van der Waals surface area contributed by atoms with Gasteiger partial charge in [0.1, 0.15) is 18.5 Å². The minimum absolute atomic E-state index is 0.145. The summed E-state index contributed by atoms with van der Waals surface area (Å²) in [5.41, 5.74) is 4.15. The smallest absolute Gasteiger partial charge is 0.258 e. The van der Waals surface area contributed by atoms with Gasteiger partial charge in [-0.3, -0.25) is 15.0 Å². The van der Waals surface area contributed by atoms with Crippen molar-refractivity contribution >= 4 is 17.5 Å². The number of anilines is 1. The summed E-state index contributed by atoms with van der Waals surface area (Å²) in [5, 5.41) is 3.30. The number of nitrogens with one attached hydrogen (secondary N) is 2. The summed E-state index contributed by atoms with van der Waals surface area (Å²) >= 11 is 0. The Morgan fingerprint density at radius 1 is 1.25 bits per heavy atom. The van der Waals surface area contributed by atoms with Crippen molar-refractivity contribution in [3.05, 3.63) is 59.7 Å². The lowest BCUT2D eigenvalue weighted by Crippen LogP contribution is -2.48. The van der Waals surface area contributed by atoms with Crippen LogP contribution in [0.3, 0.4) is 0 Å². The molecular weight excluding hydrogens is 308 g/mol. The first-order valence-corrected chi connectivity index (χ1v) is 7.44. The third-order valence-corrected chi connectivity index (χ3v) is 3.93. The molecule has 0 saturated carbocycles. The molecule has 2 aromatic carbocycles. The molecule has 1 unspecified atom stereocenters. The SMILES string of the molecule is COc1ccc(C2Nc3ccccc3C(=O)N2CC(=O)NN)cc1. The lowest BCUT2D eigenvalue weighted by Gasteiger charge is -2.37. The van der Waals surface area contributed by atoms with Gasteiger partial charge in [0.25, 0.3) is 11.8 Å². The van der Waals surface area contributed by atoms with Crippen LogP contribution in [0.5, 0.6) is 5.75 Å². The second-order valence-corrected chi connectivity index (χ2v) is 5.37. The normalized spacial score (nSPS) is 16.2. The Morgan fingerprint density at radius 2 is 1.96 bits per heavy atom. The molecule has 0 bridgehead atoms. The highest BCUT2D eigenvalue weighted by Gasteiger charge is 2.33. The summed E-state index contributed by atoms with van der Waals surface area (Å²) in [7, 11) is 1.59. The highest BCUT2D eigenvalue weighted by molar-refractivity contribution is 6.03. The van der Waals surface area contributed by atoms with Crippen molar-refractivity contribution in [3.8, 4) is 5.75 Å². The molecule has 124 valence electrons. The second-order valence-electron chi connectivity index (χ2n) is 5.37. The number of nitrogens with zero attached hydrogens (tertiary/aromatic N) is 1. The molecule has 1 heterocycles. The van der Waals surface area contributed by atoms with Crippen molar-refractivity contribution in [2.75, 3.05) is 19.0 Å². The molecule has 1 atom stereocenters. The fourth-order valence-corrected chi connectivity index (χ4v) is 2.71. The first-order valence-electron chi connectivity index (χ1n) is 7.44. The number of amides is 2. The minimum Gasteiger partial charge on any atom is -0.497 e. The van der Waals surface area contributed by atoms with Crippen LogP contribution in [0.2, 0.25) is 0 Å². The number of hydrogen-bond donors (Lipinski definition) is 3. The number of fused-ring (bicyclic) bond motifs is 1. The van der Waals surface area contributed by atoms with Crippen LogP contribution in [0.25, 0.3) is 0 Å². The molecule has 7 heteroatoms. The standard InChI is InChI=1S/C17H18N4O3/c1-24-12-8-6-11(7-9-12)16-19-14-5-3-2-4-13(14)17(23)21(16)10-15(22)20-18/h2-9,16,19H,10,18H2,1H3,(H,20,22). The fourth-order valence-electron chi connectivity index (χ4n) is 2.71. The molecule has 0 aromatic heterocycles. The highest BCUT2D eigenvalue weighted by atomic mass is 16.5. The molecule has 0 radical (unpaired) electrons. The first kappa shape index (κ1) is 15.8.